The summed E-state index contributed by atoms with van der Waals surface area (Å²) in [7, 11) is -3.09. The van der Waals surface area contributed by atoms with Crippen molar-refractivity contribution < 1.29 is 8.42 Å². The van der Waals surface area contributed by atoms with Crippen LogP contribution in [0.25, 0.3) is 0 Å². The zero-order valence-electron chi connectivity index (χ0n) is 7.83. The van der Waals surface area contributed by atoms with Crippen LogP contribution in [-0.4, -0.2) is 14.2 Å². The Bertz CT molecular complexity index is 386. The second-order valence-electron chi connectivity index (χ2n) is 2.85. The second-order valence-corrected chi connectivity index (χ2v) is 5.86. The molecule has 0 bridgehead atoms. The summed E-state index contributed by atoms with van der Waals surface area (Å²) in [5, 5.41) is 0. The van der Waals surface area contributed by atoms with E-state index in [0.717, 1.165) is 10.0 Å². The van der Waals surface area contributed by atoms with Gasteiger partial charge in [-0.3, -0.25) is 0 Å². The number of hydrogen-bond donors (Lipinski definition) is 1. The third kappa shape index (κ3) is 3.77. The van der Waals surface area contributed by atoms with Gasteiger partial charge in [0, 0.05) is 11.0 Å². The highest BCUT2D eigenvalue weighted by atomic mass is 79.9. The predicted octanol–water partition coefficient (Wildman–Crippen LogP) is 1.89. The minimum absolute atomic E-state index is 0.115. The van der Waals surface area contributed by atoms with Gasteiger partial charge in [-0.1, -0.05) is 28.1 Å². The molecule has 0 radical (unpaired) electrons. The fraction of sp³-hybridized carbons (Fsp3) is 0.333. The van der Waals surface area contributed by atoms with Crippen LogP contribution >= 0.6 is 15.9 Å². The van der Waals surface area contributed by atoms with E-state index in [-0.39, 0.29) is 5.75 Å². The normalized spacial score (nSPS) is 11.6. The summed E-state index contributed by atoms with van der Waals surface area (Å²) < 4.78 is 25.7. The number of nitrogens with one attached hydrogen (secondary N) is 1. The van der Waals surface area contributed by atoms with Crippen LogP contribution in [0.4, 0.5) is 0 Å². The van der Waals surface area contributed by atoms with Gasteiger partial charge in [0.2, 0.25) is 10.0 Å². The number of rotatable bonds is 4. The first kappa shape index (κ1) is 11.7. The largest absolute Gasteiger partial charge is 0.212 e. The van der Waals surface area contributed by atoms with Crippen molar-refractivity contribution in [1.29, 1.82) is 0 Å². The van der Waals surface area contributed by atoms with Gasteiger partial charge in [-0.25, -0.2) is 13.1 Å². The Kier molecular flexibility index (Phi) is 4.10. The van der Waals surface area contributed by atoms with Crippen LogP contribution in [0, 0.1) is 0 Å². The van der Waals surface area contributed by atoms with Crippen LogP contribution in [0.5, 0.6) is 0 Å². The highest BCUT2D eigenvalue weighted by Gasteiger charge is 2.05. The van der Waals surface area contributed by atoms with Crippen LogP contribution in [0.2, 0.25) is 0 Å². The van der Waals surface area contributed by atoms with Gasteiger partial charge in [0.05, 0.1) is 5.75 Å². The lowest BCUT2D eigenvalue weighted by molar-refractivity contribution is 0.582. The highest BCUT2D eigenvalue weighted by Crippen LogP contribution is 2.10. The Balaban J connectivity index is 2.59. The molecule has 3 nitrogen and oxygen atoms in total. The first-order chi connectivity index (χ1) is 6.53. The lowest BCUT2D eigenvalue weighted by Gasteiger charge is -2.04. The molecule has 78 valence electrons. The van der Waals surface area contributed by atoms with E-state index in [1.807, 2.05) is 24.3 Å². The van der Waals surface area contributed by atoms with E-state index in [1.165, 1.54) is 0 Å². The monoisotopic (exact) mass is 277 g/mol. The van der Waals surface area contributed by atoms with Crippen molar-refractivity contribution in [3.8, 4) is 0 Å². The lowest BCUT2D eigenvalue weighted by atomic mass is 10.2. The summed E-state index contributed by atoms with van der Waals surface area (Å²) in [4.78, 5) is 0. The molecular formula is C9H12BrNO2S. The van der Waals surface area contributed by atoms with Crippen LogP contribution in [0.15, 0.2) is 28.7 Å². The molecule has 0 aliphatic rings. The Morgan fingerprint density at radius 3 is 2.36 bits per heavy atom. The van der Waals surface area contributed by atoms with Crippen molar-refractivity contribution >= 4 is 26.0 Å². The topological polar surface area (TPSA) is 46.2 Å². The van der Waals surface area contributed by atoms with E-state index in [1.54, 1.807) is 6.92 Å². The van der Waals surface area contributed by atoms with Crippen LogP contribution in [0.3, 0.4) is 0 Å². The third-order valence-corrected chi connectivity index (χ3v) is 3.66. The molecule has 0 saturated heterocycles. The van der Waals surface area contributed by atoms with Gasteiger partial charge < -0.3 is 0 Å². The molecule has 14 heavy (non-hydrogen) atoms. The molecule has 0 unspecified atom stereocenters. The van der Waals surface area contributed by atoms with Gasteiger partial charge in [-0.05, 0) is 24.6 Å². The number of sulfonamides is 1. The van der Waals surface area contributed by atoms with Crippen molar-refractivity contribution in [2.24, 2.45) is 0 Å². The van der Waals surface area contributed by atoms with Crippen molar-refractivity contribution in [2.75, 3.05) is 5.75 Å². The summed E-state index contributed by atoms with van der Waals surface area (Å²) >= 11 is 3.31. The number of benzene rings is 1. The zero-order chi connectivity index (χ0) is 10.6. The molecule has 1 aromatic rings. The van der Waals surface area contributed by atoms with Crippen LogP contribution in [-0.2, 0) is 16.6 Å². The molecular weight excluding hydrogens is 266 g/mol. The minimum Gasteiger partial charge on any atom is -0.212 e. The molecule has 1 rings (SSSR count). The minimum atomic E-state index is -3.09. The highest BCUT2D eigenvalue weighted by molar-refractivity contribution is 9.10. The first-order valence-electron chi connectivity index (χ1n) is 4.25. The van der Waals surface area contributed by atoms with Gasteiger partial charge in [-0.2, -0.15) is 0 Å². The van der Waals surface area contributed by atoms with Gasteiger partial charge in [0.1, 0.15) is 0 Å². The fourth-order valence-electron chi connectivity index (χ4n) is 0.898. The van der Waals surface area contributed by atoms with Crippen molar-refractivity contribution in [3.05, 3.63) is 34.3 Å². The SMILES string of the molecule is CCS(=O)(=O)NCc1ccc(Br)cc1. The summed E-state index contributed by atoms with van der Waals surface area (Å²) in [6, 6.07) is 7.52. The molecule has 0 atom stereocenters. The van der Waals surface area contributed by atoms with Crippen LogP contribution < -0.4 is 4.72 Å². The average Bonchev–Trinajstić information content (AvgIpc) is 2.17. The Labute approximate surface area is 92.7 Å². The standard InChI is InChI=1S/C9H12BrNO2S/c1-2-14(12,13)11-7-8-3-5-9(10)6-4-8/h3-6,11H,2,7H2,1H3. The maximum Gasteiger partial charge on any atom is 0.211 e. The van der Waals surface area contributed by atoms with E-state index in [2.05, 4.69) is 20.7 Å². The average molecular weight is 278 g/mol. The van der Waals surface area contributed by atoms with Crippen molar-refractivity contribution in [2.45, 2.75) is 13.5 Å². The molecule has 1 aromatic carbocycles. The third-order valence-electron chi connectivity index (χ3n) is 1.79. The Morgan fingerprint density at radius 1 is 1.29 bits per heavy atom. The van der Waals surface area contributed by atoms with E-state index in [0.29, 0.717) is 6.54 Å². The number of halogens is 1. The summed E-state index contributed by atoms with van der Waals surface area (Å²) in [6.45, 7) is 1.97. The van der Waals surface area contributed by atoms with Crippen LogP contribution in [0.1, 0.15) is 12.5 Å². The lowest BCUT2D eigenvalue weighted by Crippen LogP contribution is -2.24. The summed E-state index contributed by atoms with van der Waals surface area (Å²) in [5.74, 6) is 0.115. The van der Waals surface area contributed by atoms with E-state index in [4.69, 9.17) is 0 Å². The van der Waals surface area contributed by atoms with E-state index in [9.17, 15) is 8.42 Å². The second kappa shape index (κ2) is 4.91. The molecule has 0 heterocycles. The van der Waals surface area contributed by atoms with Gasteiger partial charge in [0.15, 0.2) is 0 Å². The predicted molar refractivity (Wildman–Crippen MR) is 60.4 cm³/mol. The van der Waals surface area contributed by atoms with Gasteiger partial charge >= 0.3 is 0 Å². The molecule has 0 aliphatic carbocycles. The van der Waals surface area contributed by atoms with Crippen molar-refractivity contribution in [1.82, 2.24) is 4.72 Å². The molecule has 1 N–H and O–H groups in total. The van der Waals surface area contributed by atoms with E-state index < -0.39 is 10.0 Å². The molecule has 0 amide bonds. The molecule has 0 aromatic heterocycles. The van der Waals surface area contributed by atoms with Crippen molar-refractivity contribution in [3.63, 3.8) is 0 Å². The zero-order valence-corrected chi connectivity index (χ0v) is 10.2. The summed E-state index contributed by atoms with van der Waals surface area (Å²) in [6.07, 6.45) is 0. The Morgan fingerprint density at radius 2 is 1.86 bits per heavy atom. The maximum absolute atomic E-state index is 11.1. The molecule has 0 saturated carbocycles. The van der Waals surface area contributed by atoms with E-state index >= 15 is 0 Å². The quantitative estimate of drug-likeness (QED) is 0.914. The number of hydrogen-bond acceptors (Lipinski definition) is 2. The molecule has 0 spiro atoms. The molecule has 5 heteroatoms. The maximum atomic E-state index is 11.1. The van der Waals surface area contributed by atoms with Gasteiger partial charge in [0.25, 0.3) is 0 Å². The van der Waals surface area contributed by atoms with Gasteiger partial charge in [-0.15, -0.1) is 0 Å². The first-order valence-corrected chi connectivity index (χ1v) is 6.70. The Hall–Kier alpha value is -0.390. The molecule has 0 fully saturated rings. The fourth-order valence-corrected chi connectivity index (χ4v) is 1.75. The smallest absolute Gasteiger partial charge is 0.211 e. The molecule has 0 aliphatic heterocycles. The summed E-state index contributed by atoms with van der Waals surface area (Å²) in [5.41, 5.74) is 0.949.